The zero-order chi connectivity index (χ0) is 9.54. The van der Waals surface area contributed by atoms with E-state index in [-0.39, 0.29) is 6.61 Å². The molecule has 5 unspecified atom stereocenters. The first kappa shape index (κ1) is 9.17. The van der Waals surface area contributed by atoms with Gasteiger partial charge in [0.15, 0.2) is 0 Å². The molecule has 5 atom stereocenters. The Hall–Kier alpha value is -0.0800. The van der Waals surface area contributed by atoms with Gasteiger partial charge in [0.25, 0.3) is 0 Å². The number of aliphatic hydroxyl groups is 1. The summed E-state index contributed by atoms with van der Waals surface area (Å²) in [5, 5.41) is 8.77. The van der Waals surface area contributed by atoms with E-state index in [2.05, 4.69) is 0 Å². The highest BCUT2D eigenvalue weighted by Gasteiger charge is 2.53. The lowest BCUT2D eigenvalue weighted by Crippen LogP contribution is -2.28. The van der Waals surface area contributed by atoms with Crippen LogP contribution in [0.15, 0.2) is 0 Å². The van der Waals surface area contributed by atoms with Gasteiger partial charge in [0.2, 0.25) is 0 Å². The van der Waals surface area contributed by atoms with Crippen molar-refractivity contribution in [3.05, 3.63) is 0 Å². The molecule has 0 heterocycles. The zero-order valence-corrected chi connectivity index (χ0v) is 8.69. The standard InChI is InChI=1S/C12H20O2/c13-5-6-14-11-4-3-10-8-1-2-9(7-8)12(10)11/h8-13H,1-7H2. The molecule has 0 saturated heterocycles. The van der Waals surface area contributed by atoms with Gasteiger partial charge in [-0.1, -0.05) is 0 Å². The molecule has 2 bridgehead atoms. The number of hydrogen-bond acceptors (Lipinski definition) is 2. The second-order valence-electron chi connectivity index (χ2n) is 5.28. The molecule has 2 heteroatoms. The molecular weight excluding hydrogens is 176 g/mol. The van der Waals surface area contributed by atoms with Gasteiger partial charge >= 0.3 is 0 Å². The van der Waals surface area contributed by atoms with Gasteiger partial charge in [-0.3, -0.25) is 0 Å². The van der Waals surface area contributed by atoms with Crippen LogP contribution in [0, 0.1) is 23.7 Å². The molecule has 0 aromatic carbocycles. The van der Waals surface area contributed by atoms with Crippen LogP contribution in [0.4, 0.5) is 0 Å². The number of hydrogen-bond donors (Lipinski definition) is 1. The number of fused-ring (bicyclic) bond motifs is 5. The summed E-state index contributed by atoms with van der Waals surface area (Å²) in [6, 6.07) is 0. The molecule has 3 saturated carbocycles. The van der Waals surface area contributed by atoms with Crippen molar-refractivity contribution in [1.82, 2.24) is 0 Å². The lowest BCUT2D eigenvalue weighted by Gasteiger charge is -2.28. The highest BCUT2D eigenvalue weighted by Crippen LogP contribution is 2.59. The maximum atomic E-state index is 8.77. The Morgan fingerprint density at radius 1 is 1.07 bits per heavy atom. The smallest absolute Gasteiger partial charge is 0.0701 e. The van der Waals surface area contributed by atoms with Crippen LogP contribution in [0.2, 0.25) is 0 Å². The minimum atomic E-state index is 0.183. The monoisotopic (exact) mass is 196 g/mol. The number of ether oxygens (including phenoxy) is 1. The van der Waals surface area contributed by atoms with Gasteiger partial charge in [0, 0.05) is 0 Å². The molecule has 0 aromatic rings. The zero-order valence-electron chi connectivity index (χ0n) is 8.69. The van der Waals surface area contributed by atoms with E-state index in [4.69, 9.17) is 9.84 Å². The molecule has 0 aliphatic heterocycles. The van der Waals surface area contributed by atoms with Gasteiger partial charge in [-0.05, 0) is 55.8 Å². The van der Waals surface area contributed by atoms with Crippen molar-refractivity contribution in [2.24, 2.45) is 23.7 Å². The lowest BCUT2D eigenvalue weighted by molar-refractivity contribution is -0.0110. The summed E-state index contributed by atoms with van der Waals surface area (Å²) in [5.74, 6) is 3.85. The molecule has 0 radical (unpaired) electrons. The molecule has 0 amide bonds. The molecule has 0 spiro atoms. The molecule has 3 rings (SSSR count). The third-order valence-corrected chi connectivity index (χ3v) is 4.79. The van der Waals surface area contributed by atoms with E-state index >= 15 is 0 Å². The van der Waals surface area contributed by atoms with Crippen LogP contribution in [0.3, 0.4) is 0 Å². The van der Waals surface area contributed by atoms with E-state index in [1.54, 1.807) is 0 Å². The van der Waals surface area contributed by atoms with Crippen LogP contribution in [-0.2, 0) is 4.74 Å². The van der Waals surface area contributed by atoms with Crippen molar-refractivity contribution < 1.29 is 9.84 Å². The molecule has 3 aliphatic carbocycles. The SMILES string of the molecule is OCCOC1CCC2C3CCC(C3)C12. The van der Waals surface area contributed by atoms with Crippen molar-refractivity contribution in [1.29, 1.82) is 0 Å². The van der Waals surface area contributed by atoms with Crippen LogP contribution in [-0.4, -0.2) is 24.4 Å². The largest absolute Gasteiger partial charge is 0.394 e. The molecule has 1 N–H and O–H groups in total. The Labute approximate surface area is 85.6 Å². The summed E-state index contributed by atoms with van der Waals surface area (Å²) >= 11 is 0. The lowest BCUT2D eigenvalue weighted by atomic mass is 9.81. The molecule has 14 heavy (non-hydrogen) atoms. The predicted octanol–water partition coefficient (Wildman–Crippen LogP) is 1.82. The quantitative estimate of drug-likeness (QED) is 0.746. The van der Waals surface area contributed by atoms with E-state index in [9.17, 15) is 0 Å². The third kappa shape index (κ3) is 1.24. The second kappa shape index (κ2) is 3.49. The average molecular weight is 196 g/mol. The fourth-order valence-corrected chi connectivity index (χ4v) is 4.41. The predicted molar refractivity (Wildman–Crippen MR) is 53.9 cm³/mol. The summed E-state index contributed by atoms with van der Waals surface area (Å²) in [5.41, 5.74) is 0. The first-order valence-corrected chi connectivity index (χ1v) is 6.12. The molecule has 3 fully saturated rings. The highest BCUT2D eigenvalue weighted by molar-refractivity contribution is 5.03. The van der Waals surface area contributed by atoms with E-state index < -0.39 is 0 Å². The van der Waals surface area contributed by atoms with Crippen molar-refractivity contribution in [2.45, 2.75) is 38.2 Å². The van der Waals surface area contributed by atoms with Crippen molar-refractivity contribution >= 4 is 0 Å². The van der Waals surface area contributed by atoms with E-state index in [0.29, 0.717) is 12.7 Å². The maximum absolute atomic E-state index is 8.77. The molecule has 2 nitrogen and oxygen atoms in total. The molecule has 3 aliphatic rings. The Morgan fingerprint density at radius 3 is 2.79 bits per heavy atom. The van der Waals surface area contributed by atoms with Gasteiger partial charge < -0.3 is 9.84 Å². The van der Waals surface area contributed by atoms with Crippen LogP contribution in [0.1, 0.15) is 32.1 Å². The normalized spacial score (nSPS) is 49.9. The van der Waals surface area contributed by atoms with Gasteiger partial charge in [-0.2, -0.15) is 0 Å². The Bertz CT molecular complexity index is 216. The summed E-state index contributed by atoms with van der Waals surface area (Å²) in [4.78, 5) is 0. The van der Waals surface area contributed by atoms with Crippen molar-refractivity contribution in [3.63, 3.8) is 0 Å². The van der Waals surface area contributed by atoms with Crippen LogP contribution >= 0.6 is 0 Å². The van der Waals surface area contributed by atoms with Crippen molar-refractivity contribution in [3.8, 4) is 0 Å². The second-order valence-corrected chi connectivity index (χ2v) is 5.28. The highest BCUT2D eigenvalue weighted by atomic mass is 16.5. The van der Waals surface area contributed by atoms with Crippen LogP contribution < -0.4 is 0 Å². The summed E-state index contributed by atoms with van der Waals surface area (Å²) in [6.45, 7) is 0.729. The Kier molecular flexibility index (Phi) is 2.29. The van der Waals surface area contributed by atoms with Crippen LogP contribution in [0.5, 0.6) is 0 Å². The fraction of sp³-hybridized carbons (Fsp3) is 1.00. The first-order chi connectivity index (χ1) is 6.90. The average Bonchev–Trinajstić information content (AvgIpc) is 2.87. The molecule has 0 aromatic heterocycles. The summed E-state index contributed by atoms with van der Waals surface area (Å²) in [7, 11) is 0. The van der Waals surface area contributed by atoms with Gasteiger partial charge in [0.05, 0.1) is 19.3 Å². The fourth-order valence-electron chi connectivity index (χ4n) is 4.41. The molecular formula is C12H20O2. The number of rotatable bonds is 3. The Balaban J connectivity index is 1.67. The minimum absolute atomic E-state index is 0.183. The topological polar surface area (TPSA) is 29.5 Å². The van der Waals surface area contributed by atoms with E-state index in [1.807, 2.05) is 0 Å². The van der Waals surface area contributed by atoms with Gasteiger partial charge in [-0.25, -0.2) is 0 Å². The first-order valence-electron chi connectivity index (χ1n) is 6.12. The van der Waals surface area contributed by atoms with E-state index in [1.165, 1.54) is 32.1 Å². The summed E-state index contributed by atoms with van der Waals surface area (Å²) in [6.07, 6.45) is 7.55. The summed E-state index contributed by atoms with van der Waals surface area (Å²) < 4.78 is 5.77. The van der Waals surface area contributed by atoms with Gasteiger partial charge in [-0.15, -0.1) is 0 Å². The van der Waals surface area contributed by atoms with E-state index in [0.717, 1.165) is 23.7 Å². The van der Waals surface area contributed by atoms with Crippen molar-refractivity contribution in [2.75, 3.05) is 13.2 Å². The third-order valence-electron chi connectivity index (χ3n) is 4.79. The Morgan fingerprint density at radius 2 is 1.93 bits per heavy atom. The van der Waals surface area contributed by atoms with Gasteiger partial charge in [0.1, 0.15) is 0 Å². The minimum Gasteiger partial charge on any atom is -0.394 e. The van der Waals surface area contributed by atoms with Crippen LogP contribution in [0.25, 0.3) is 0 Å². The molecule has 80 valence electrons. The maximum Gasteiger partial charge on any atom is 0.0701 e. The number of aliphatic hydroxyl groups excluding tert-OH is 1.